The van der Waals surface area contributed by atoms with Gasteiger partial charge in [0.2, 0.25) is 0 Å². The number of rotatable bonds is 4. The largest absolute Gasteiger partial charge is 0.477 e. The molecule has 0 unspecified atom stereocenters. The maximum absolute atomic E-state index is 10.8. The average Bonchev–Trinajstić information content (AvgIpc) is 2.98. The summed E-state index contributed by atoms with van der Waals surface area (Å²) in [6, 6.07) is 19.3. The van der Waals surface area contributed by atoms with Crippen LogP contribution in [-0.2, 0) is 0 Å². The molecule has 0 saturated heterocycles. The number of ether oxygens (including phenoxy) is 1. The van der Waals surface area contributed by atoms with Crippen molar-refractivity contribution in [2.45, 2.75) is 0 Å². The summed E-state index contributed by atoms with van der Waals surface area (Å²) in [4.78, 5) is 11.1. The molecule has 0 aliphatic heterocycles. The number of benzene rings is 2. The standard InChI is InChI=1S/C17H12O3S/c18-17(19)16-10-15(11-21-16)20-14-8-6-13(7-9-14)12-4-2-1-3-5-12/h1-11H,(H,18,19). The fourth-order valence-corrected chi connectivity index (χ4v) is 2.61. The molecule has 0 fully saturated rings. The molecule has 0 bridgehead atoms. The van der Waals surface area contributed by atoms with Crippen LogP contribution in [-0.4, -0.2) is 11.1 Å². The third-order valence-corrected chi connectivity index (χ3v) is 3.88. The number of carboxylic acids is 1. The maximum Gasteiger partial charge on any atom is 0.346 e. The highest BCUT2D eigenvalue weighted by molar-refractivity contribution is 7.12. The zero-order valence-corrected chi connectivity index (χ0v) is 11.8. The highest BCUT2D eigenvalue weighted by Crippen LogP contribution is 2.28. The minimum absolute atomic E-state index is 0.269. The molecule has 4 heteroatoms. The van der Waals surface area contributed by atoms with Crippen LogP contribution in [0.15, 0.2) is 66.0 Å². The fourth-order valence-electron chi connectivity index (χ4n) is 1.97. The molecule has 1 N–H and O–H groups in total. The molecular formula is C17H12O3S. The molecule has 0 saturated carbocycles. The van der Waals surface area contributed by atoms with Crippen molar-refractivity contribution in [1.82, 2.24) is 0 Å². The first-order chi connectivity index (χ1) is 10.2. The Labute approximate surface area is 126 Å². The van der Waals surface area contributed by atoms with Crippen molar-refractivity contribution in [3.63, 3.8) is 0 Å². The summed E-state index contributed by atoms with van der Waals surface area (Å²) in [5, 5.41) is 10.6. The van der Waals surface area contributed by atoms with E-state index in [1.165, 1.54) is 6.07 Å². The van der Waals surface area contributed by atoms with Crippen LogP contribution in [0, 0.1) is 0 Å². The van der Waals surface area contributed by atoms with E-state index in [4.69, 9.17) is 9.84 Å². The molecule has 3 aromatic rings. The van der Waals surface area contributed by atoms with E-state index in [0.717, 1.165) is 22.5 Å². The minimum atomic E-state index is -0.936. The van der Waals surface area contributed by atoms with Crippen LogP contribution < -0.4 is 4.74 Å². The highest BCUT2D eigenvalue weighted by atomic mass is 32.1. The summed E-state index contributed by atoms with van der Waals surface area (Å²) >= 11 is 1.15. The molecular weight excluding hydrogens is 284 g/mol. The number of carbonyl (C=O) groups is 1. The lowest BCUT2D eigenvalue weighted by atomic mass is 10.1. The summed E-state index contributed by atoms with van der Waals surface area (Å²) in [7, 11) is 0. The van der Waals surface area contributed by atoms with Crippen LogP contribution in [0.2, 0.25) is 0 Å². The van der Waals surface area contributed by atoms with Crippen molar-refractivity contribution in [1.29, 1.82) is 0 Å². The van der Waals surface area contributed by atoms with Gasteiger partial charge in [0.05, 0.1) is 0 Å². The Bertz CT molecular complexity index is 745. The first-order valence-electron chi connectivity index (χ1n) is 6.37. The zero-order valence-electron chi connectivity index (χ0n) is 11.0. The molecule has 3 rings (SSSR count). The van der Waals surface area contributed by atoms with Crippen molar-refractivity contribution in [3.05, 3.63) is 70.9 Å². The van der Waals surface area contributed by atoms with Gasteiger partial charge in [0.1, 0.15) is 16.4 Å². The molecule has 21 heavy (non-hydrogen) atoms. The van der Waals surface area contributed by atoms with Gasteiger partial charge >= 0.3 is 5.97 Å². The smallest absolute Gasteiger partial charge is 0.346 e. The molecule has 1 aromatic heterocycles. The van der Waals surface area contributed by atoms with Gasteiger partial charge in [-0.2, -0.15) is 0 Å². The molecule has 2 aromatic carbocycles. The predicted molar refractivity (Wildman–Crippen MR) is 83.2 cm³/mol. The summed E-state index contributed by atoms with van der Waals surface area (Å²) in [5.74, 6) is 0.295. The lowest BCUT2D eigenvalue weighted by Crippen LogP contribution is -1.90. The Morgan fingerprint density at radius 2 is 1.57 bits per heavy atom. The summed E-state index contributed by atoms with van der Waals surface area (Å²) < 4.78 is 5.65. The SMILES string of the molecule is O=C(O)c1cc(Oc2ccc(-c3ccccc3)cc2)cs1. The normalized spacial score (nSPS) is 10.3. The van der Waals surface area contributed by atoms with Gasteiger partial charge in [-0.1, -0.05) is 42.5 Å². The third kappa shape index (κ3) is 3.12. The van der Waals surface area contributed by atoms with Crippen LogP contribution >= 0.6 is 11.3 Å². The first-order valence-corrected chi connectivity index (χ1v) is 7.25. The van der Waals surface area contributed by atoms with E-state index in [-0.39, 0.29) is 4.88 Å². The van der Waals surface area contributed by atoms with Crippen molar-refractivity contribution < 1.29 is 14.6 Å². The Hall–Kier alpha value is -2.59. The van der Waals surface area contributed by atoms with E-state index in [9.17, 15) is 4.79 Å². The summed E-state index contributed by atoms with van der Waals surface area (Å²) in [6.45, 7) is 0. The van der Waals surface area contributed by atoms with E-state index in [0.29, 0.717) is 11.5 Å². The van der Waals surface area contributed by atoms with E-state index in [2.05, 4.69) is 0 Å². The van der Waals surface area contributed by atoms with Gasteiger partial charge in [0.15, 0.2) is 0 Å². The lowest BCUT2D eigenvalue weighted by molar-refractivity contribution is 0.0702. The van der Waals surface area contributed by atoms with Crippen LogP contribution in [0.3, 0.4) is 0 Å². The van der Waals surface area contributed by atoms with E-state index >= 15 is 0 Å². The number of hydrogen-bond acceptors (Lipinski definition) is 3. The molecule has 3 nitrogen and oxygen atoms in total. The number of aromatic carboxylic acids is 1. The topological polar surface area (TPSA) is 46.5 Å². The van der Waals surface area contributed by atoms with Gasteiger partial charge < -0.3 is 9.84 Å². The number of hydrogen-bond donors (Lipinski definition) is 1. The van der Waals surface area contributed by atoms with Gasteiger partial charge in [-0.25, -0.2) is 4.79 Å². The molecule has 0 spiro atoms. The van der Waals surface area contributed by atoms with Crippen LogP contribution in [0.25, 0.3) is 11.1 Å². The molecule has 0 amide bonds. The predicted octanol–water partition coefficient (Wildman–Crippen LogP) is 4.91. The number of thiophene rings is 1. The molecule has 1 heterocycles. The van der Waals surface area contributed by atoms with Crippen LogP contribution in [0.1, 0.15) is 9.67 Å². The Kier molecular flexibility index (Phi) is 3.71. The van der Waals surface area contributed by atoms with Crippen molar-refractivity contribution in [2.75, 3.05) is 0 Å². The van der Waals surface area contributed by atoms with Gasteiger partial charge in [0.25, 0.3) is 0 Å². The second kappa shape index (κ2) is 5.81. The highest BCUT2D eigenvalue weighted by Gasteiger charge is 2.08. The minimum Gasteiger partial charge on any atom is -0.477 e. The Balaban J connectivity index is 1.76. The molecule has 0 aliphatic rings. The second-order valence-corrected chi connectivity index (χ2v) is 5.36. The molecule has 0 aliphatic carbocycles. The van der Waals surface area contributed by atoms with Crippen LogP contribution in [0.5, 0.6) is 11.5 Å². The summed E-state index contributed by atoms with van der Waals surface area (Å²) in [5.41, 5.74) is 2.26. The van der Waals surface area contributed by atoms with Gasteiger partial charge in [0, 0.05) is 11.4 Å². The van der Waals surface area contributed by atoms with Gasteiger partial charge in [-0.3, -0.25) is 0 Å². The van der Waals surface area contributed by atoms with E-state index in [1.54, 1.807) is 5.38 Å². The molecule has 0 radical (unpaired) electrons. The Morgan fingerprint density at radius 1 is 0.905 bits per heavy atom. The van der Waals surface area contributed by atoms with Gasteiger partial charge in [-0.05, 0) is 23.3 Å². The summed E-state index contributed by atoms with van der Waals surface area (Å²) in [6.07, 6.45) is 0. The van der Waals surface area contributed by atoms with Crippen molar-refractivity contribution in [2.24, 2.45) is 0 Å². The second-order valence-electron chi connectivity index (χ2n) is 4.44. The third-order valence-electron chi connectivity index (χ3n) is 2.98. The zero-order chi connectivity index (χ0) is 14.7. The van der Waals surface area contributed by atoms with Crippen LogP contribution in [0.4, 0.5) is 0 Å². The maximum atomic E-state index is 10.8. The Morgan fingerprint density at radius 3 is 2.19 bits per heavy atom. The fraction of sp³-hybridized carbons (Fsp3) is 0. The van der Waals surface area contributed by atoms with E-state index in [1.807, 2.05) is 54.6 Å². The average molecular weight is 296 g/mol. The number of carboxylic acid groups (broad SMARTS) is 1. The molecule has 104 valence electrons. The molecule has 0 atom stereocenters. The monoisotopic (exact) mass is 296 g/mol. The lowest BCUT2D eigenvalue weighted by Gasteiger charge is -2.05. The van der Waals surface area contributed by atoms with Crippen molar-refractivity contribution in [3.8, 4) is 22.6 Å². The van der Waals surface area contributed by atoms with E-state index < -0.39 is 5.97 Å². The first kappa shape index (κ1) is 13.4. The van der Waals surface area contributed by atoms with Gasteiger partial charge in [-0.15, -0.1) is 11.3 Å². The van der Waals surface area contributed by atoms with Crippen molar-refractivity contribution >= 4 is 17.3 Å². The quantitative estimate of drug-likeness (QED) is 0.744.